The molecule has 14 heavy (non-hydrogen) atoms. The summed E-state index contributed by atoms with van der Waals surface area (Å²) in [5, 5.41) is 6.64. The number of halogens is 1. The zero-order chi connectivity index (χ0) is 10.0. The summed E-state index contributed by atoms with van der Waals surface area (Å²) >= 11 is 7.28. The van der Waals surface area contributed by atoms with E-state index in [4.69, 9.17) is 16.3 Å². The average Bonchev–Trinajstić information content (AvgIpc) is 2.51. The van der Waals surface area contributed by atoms with Crippen molar-refractivity contribution in [3.63, 3.8) is 0 Å². The number of nitrogens with one attached hydrogen (secondary N) is 1. The smallest absolute Gasteiger partial charge is 0.184 e. The van der Waals surface area contributed by atoms with E-state index in [2.05, 4.69) is 17.2 Å². The Bertz CT molecular complexity index is 310. The Morgan fingerprint density at radius 2 is 2.57 bits per heavy atom. The van der Waals surface area contributed by atoms with E-state index < -0.39 is 0 Å². The van der Waals surface area contributed by atoms with Crippen LogP contribution in [-0.4, -0.2) is 23.7 Å². The highest BCUT2D eigenvalue weighted by molar-refractivity contribution is 7.14. The van der Waals surface area contributed by atoms with Gasteiger partial charge >= 0.3 is 0 Å². The topological polar surface area (TPSA) is 34.2 Å². The van der Waals surface area contributed by atoms with E-state index in [0.29, 0.717) is 5.15 Å². The van der Waals surface area contributed by atoms with Crippen LogP contribution in [0.3, 0.4) is 0 Å². The van der Waals surface area contributed by atoms with Gasteiger partial charge in [-0.25, -0.2) is 4.98 Å². The van der Waals surface area contributed by atoms with E-state index in [-0.39, 0.29) is 5.54 Å². The minimum atomic E-state index is 0.0133. The second-order valence-corrected chi connectivity index (χ2v) is 5.06. The maximum Gasteiger partial charge on any atom is 0.184 e. The van der Waals surface area contributed by atoms with Gasteiger partial charge in [-0.2, -0.15) is 0 Å². The van der Waals surface area contributed by atoms with Gasteiger partial charge in [0.15, 0.2) is 5.13 Å². The second kappa shape index (κ2) is 4.04. The lowest BCUT2D eigenvalue weighted by atomic mass is 9.95. The van der Waals surface area contributed by atoms with Gasteiger partial charge in [0.05, 0.1) is 12.1 Å². The molecule has 1 saturated heterocycles. The summed E-state index contributed by atoms with van der Waals surface area (Å²) in [6.45, 7) is 3.77. The van der Waals surface area contributed by atoms with Crippen molar-refractivity contribution in [3.8, 4) is 0 Å². The second-order valence-electron chi connectivity index (χ2n) is 3.82. The number of ether oxygens (including phenoxy) is 1. The molecule has 78 valence electrons. The molecule has 1 N–H and O–H groups in total. The molecule has 0 aliphatic carbocycles. The molecular weight excluding hydrogens is 220 g/mol. The van der Waals surface area contributed by atoms with Crippen molar-refractivity contribution in [1.29, 1.82) is 0 Å². The Labute approximate surface area is 92.4 Å². The van der Waals surface area contributed by atoms with Crippen LogP contribution in [0, 0.1) is 0 Å². The van der Waals surface area contributed by atoms with Crippen molar-refractivity contribution in [1.82, 2.24) is 4.98 Å². The van der Waals surface area contributed by atoms with Gasteiger partial charge in [0.1, 0.15) is 5.15 Å². The average molecular weight is 233 g/mol. The molecular formula is C9H13ClN2OS. The molecule has 1 atom stereocenters. The zero-order valence-corrected chi connectivity index (χ0v) is 9.62. The first-order valence-corrected chi connectivity index (χ1v) is 5.91. The fraction of sp³-hybridized carbons (Fsp3) is 0.667. The van der Waals surface area contributed by atoms with Crippen LogP contribution in [0.15, 0.2) is 5.38 Å². The number of nitrogens with zero attached hydrogens (tertiary/aromatic N) is 1. The largest absolute Gasteiger partial charge is 0.379 e. The maximum atomic E-state index is 5.75. The molecule has 1 aliphatic rings. The van der Waals surface area contributed by atoms with Crippen LogP contribution < -0.4 is 5.32 Å². The molecule has 0 radical (unpaired) electrons. The third-order valence-corrected chi connectivity index (χ3v) is 3.40. The monoisotopic (exact) mass is 232 g/mol. The molecule has 0 amide bonds. The SMILES string of the molecule is CC1(Nc2nc(Cl)cs2)CCCOC1. The lowest BCUT2D eigenvalue weighted by Gasteiger charge is -2.34. The van der Waals surface area contributed by atoms with Gasteiger partial charge in [-0.1, -0.05) is 11.6 Å². The van der Waals surface area contributed by atoms with E-state index >= 15 is 0 Å². The fourth-order valence-corrected chi connectivity index (χ4v) is 2.59. The van der Waals surface area contributed by atoms with Crippen LogP contribution in [0.4, 0.5) is 5.13 Å². The number of thiazole rings is 1. The summed E-state index contributed by atoms with van der Waals surface area (Å²) < 4.78 is 5.45. The van der Waals surface area contributed by atoms with Gasteiger partial charge < -0.3 is 10.1 Å². The van der Waals surface area contributed by atoms with Crippen molar-refractivity contribution in [2.24, 2.45) is 0 Å². The number of hydrogen-bond acceptors (Lipinski definition) is 4. The lowest BCUT2D eigenvalue weighted by molar-refractivity contribution is 0.0540. The van der Waals surface area contributed by atoms with E-state index in [1.54, 1.807) is 0 Å². The normalized spacial score (nSPS) is 27.6. The Hall–Kier alpha value is -0.320. The molecule has 0 bridgehead atoms. The van der Waals surface area contributed by atoms with Crippen LogP contribution in [0.1, 0.15) is 19.8 Å². The molecule has 2 rings (SSSR count). The molecule has 1 aromatic heterocycles. The molecule has 0 spiro atoms. The minimum absolute atomic E-state index is 0.0133. The number of rotatable bonds is 2. The number of hydrogen-bond donors (Lipinski definition) is 1. The number of anilines is 1. The van der Waals surface area contributed by atoms with Crippen LogP contribution in [0.5, 0.6) is 0 Å². The standard InChI is InChI=1S/C9H13ClN2OS/c1-9(3-2-4-13-6-9)12-8-11-7(10)5-14-8/h5H,2-4,6H2,1H3,(H,11,12). The molecule has 1 unspecified atom stereocenters. The first-order valence-electron chi connectivity index (χ1n) is 4.65. The number of aromatic nitrogens is 1. The third kappa shape index (κ3) is 2.38. The zero-order valence-electron chi connectivity index (χ0n) is 8.05. The molecule has 0 aromatic carbocycles. The summed E-state index contributed by atoms with van der Waals surface area (Å²) in [6, 6.07) is 0. The van der Waals surface area contributed by atoms with Gasteiger partial charge in [0.25, 0.3) is 0 Å². The van der Waals surface area contributed by atoms with Gasteiger partial charge in [0, 0.05) is 12.0 Å². The third-order valence-electron chi connectivity index (χ3n) is 2.32. The predicted octanol–water partition coefficient (Wildman–Crippen LogP) is 2.78. The summed E-state index contributed by atoms with van der Waals surface area (Å²) in [5.74, 6) is 0. The first kappa shape index (κ1) is 10.2. The quantitative estimate of drug-likeness (QED) is 0.852. The Balaban J connectivity index is 2.01. The van der Waals surface area contributed by atoms with Gasteiger partial charge in [-0.05, 0) is 19.8 Å². The molecule has 1 aromatic rings. The van der Waals surface area contributed by atoms with Crippen molar-refractivity contribution < 1.29 is 4.74 Å². The summed E-state index contributed by atoms with van der Waals surface area (Å²) in [5.41, 5.74) is 0.0133. The summed E-state index contributed by atoms with van der Waals surface area (Å²) in [7, 11) is 0. The molecule has 5 heteroatoms. The van der Waals surface area contributed by atoms with Gasteiger partial charge in [-0.15, -0.1) is 11.3 Å². The van der Waals surface area contributed by atoms with E-state index in [0.717, 1.165) is 31.2 Å². The van der Waals surface area contributed by atoms with Crippen LogP contribution >= 0.6 is 22.9 Å². The van der Waals surface area contributed by atoms with Crippen LogP contribution in [0.25, 0.3) is 0 Å². The van der Waals surface area contributed by atoms with Crippen molar-refractivity contribution >= 4 is 28.1 Å². The van der Waals surface area contributed by atoms with Crippen molar-refractivity contribution in [2.75, 3.05) is 18.5 Å². The highest BCUT2D eigenvalue weighted by Gasteiger charge is 2.28. The van der Waals surface area contributed by atoms with E-state index in [9.17, 15) is 0 Å². The fourth-order valence-electron chi connectivity index (χ4n) is 1.60. The van der Waals surface area contributed by atoms with E-state index in [1.165, 1.54) is 11.3 Å². The molecule has 2 heterocycles. The first-order chi connectivity index (χ1) is 6.68. The predicted molar refractivity (Wildman–Crippen MR) is 59.2 cm³/mol. The van der Waals surface area contributed by atoms with Crippen molar-refractivity contribution in [2.45, 2.75) is 25.3 Å². The molecule has 0 saturated carbocycles. The Kier molecular flexibility index (Phi) is 2.95. The molecule has 3 nitrogen and oxygen atoms in total. The summed E-state index contributed by atoms with van der Waals surface area (Å²) in [6.07, 6.45) is 2.22. The Morgan fingerprint density at radius 3 is 3.14 bits per heavy atom. The van der Waals surface area contributed by atoms with Crippen molar-refractivity contribution in [3.05, 3.63) is 10.5 Å². The van der Waals surface area contributed by atoms with Gasteiger partial charge in [-0.3, -0.25) is 0 Å². The van der Waals surface area contributed by atoms with E-state index in [1.807, 2.05) is 5.38 Å². The highest BCUT2D eigenvalue weighted by Crippen LogP contribution is 2.27. The Morgan fingerprint density at radius 1 is 1.71 bits per heavy atom. The van der Waals surface area contributed by atoms with Crippen LogP contribution in [0.2, 0.25) is 5.15 Å². The maximum absolute atomic E-state index is 5.75. The highest BCUT2D eigenvalue weighted by atomic mass is 35.5. The summed E-state index contributed by atoms with van der Waals surface area (Å²) in [4.78, 5) is 4.17. The van der Waals surface area contributed by atoms with Gasteiger partial charge in [0.2, 0.25) is 0 Å². The molecule has 1 aliphatic heterocycles. The molecule has 1 fully saturated rings. The van der Waals surface area contributed by atoms with Crippen LogP contribution in [-0.2, 0) is 4.74 Å². The minimum Gasteiger partial charge on any atom is -0.379 e. The lowest BCUT2D eigenvalue weighted by Crippen LogP contribution is -2.42.